The maximum absolute atomic E-state index is 12.7. The SMILES string of the molecule is COCCN(C(=O)c1ccc(Br)c(N)c1)C1CCSC1. The summed E-state index contributed by atoms with van der Waals surface area (Å²) in [6, 6.07) is 5.66. The van der Waals surface area contributed by atoms with E-state index in [1.807, 2.05) is 28.8 Å². The van der Waals surface area contributed by atoms with Crippen LogP contribution < -0.4 is 5.73 Å². The van der Waals surface area contributed by atoms with Crippen molar-refractivity contribution in [3.63, 3.8) is 0 Å². The Bertz CT molecular complexity index is 478. The van der Waals surface area contributed by atoms with Crippen molar-refractivity contribution in [3.8, 4) is 0 Å². The van der Waals surface area contributed by atoms with Crippen molar-refractivity contribution >= 4 is 39.3 Å². The largest absolute Gasteiger partial charge is 0.398 e. The molecule has 2 rings (SSSR count). The highest BCUT2D eigenvalue weighted by Crippen LogP contribution is 2.25. The zero-order valence-corrected chi connectivity index (χ0v) is 13.9. The number of carbonyl (C=O) groups is 1. The Hall–Kier alpha value is -0.720. The van der Waals surface area contributed by atoms with Gasteiger partial charge in [-0.2, -0.15) is 11.8 Å². The fourth-order valence-corrected chi connectivity index (χ4v) is 3.72. The lowest BCUT2D eigenvalue weighted by molar-refractivity contribution is 0.0624. The number of anilines is 1. The molecule has 0 aliphatic carbocycles. The van der Waals surface area contributed by atoms with Crippen molar-refractivity contribution in [2.45, 2.75) is 12.5 Å². The summed E-state index contributed by atoms with van der Waals surface area (Å²) in [7, 11) is 1.66. The molecule has 1 atom stereocenters. The van der Waals surface area contributed by atoms with Crippen molar-refractivity contribution in [2.24, 2.45) is 0 Å². The Morgan fingerprint density at radius 1 is 1.60 bits per heavy atom. The van der Waals surface area contributed by atoms with Crippen LogP contribution in [0.3, 0.4) is 0 Å². The molecule has 20 heavy (non-hydrogen) atoms. The molecule has 1 unspecified atom stereocenters. The van der Waals surface area contributed by atoms with Gasteiger partial charge in [0, 0.05) is 41.2 Å². The highest BCUT2D eigenvalue weighted by atomic mass is 79.9. The first-order valence-corrected chi connectivity index (χ1v) is 8.51. The van der Waals surface area contributed by atoms with Crippen LogP contribution in [0.15, 0.2) is 22.7 Å². The molecule has 0 bridgehead atoms. The third kappa shape index (κ3) is 3.68. The van der Waals surface area contributed by atoms with Gasteiger partial charge in [0.05, 0.1) is 6.61 Å². The van der Waals surface area contributed by atoms with Crippen LogP contribution in [0, 0.1) is 0 Å². The van der Waals surface area contributed by atoms with Gasteiger partial charge in [0.15, 0.2) is 0 Å². The van der Waals surface area contributed by atoms with E-state index in [0.29, 0.717) is 30.4 Å². The van der Waals surface area contributed by atoms with Gasteiger partial charge in [0.25, 0.3) is 5.91 Å². The van der Waals surface area contributed by atoms with Crippen LogP contribution in [0.5, 0.6) is 0 Å². The Morgan fingerprint density at radius 3 is 3.00 bits per heavy atom. The van der Waals surface area contributed by atoms with E-state index in [2.05, 4.69) is 15.9 Å². The molecular weight excluding hydrogens is 340 g/mol. The molecular formula is C14H19BrN2O2S. The normalized spacial score (nSPS) is 18.2. The molecule has 1 heterocycles. The topological polar surface area (TPSA) is 55.6 Å². The van der Waals surface area contributed by atoms with Gasteiger partial charge in [-0.3, -0.25) is 4.79 Å². The predicted molar refractivity (Wildman–Crippen MR) is 87.2 cm³/mol. The number of nitrogen functional groups attached to an aromatic ring is 1. The maximum Gasteiger partial charge on any atom is 0.254 e. The predicted octanol–water partition coefficient (Wildman–Crippen LogP) is 2.63. The van der Waals surface area contributed by atoms with Gasteiger partial charge in [-0.15, -0.1) is 0 Å². The van der Waals surface area contributed by atoms with Crippen LogP contribution in [-0.4, -0.2) is 48.6 Å². The van der Waals surface area contributed by atoms with E-state index in [1.165, 1.54) is 0 Å². The number of nitrogens with two attached hydrogens (primary N) is 1. The fraction of sp³-hybridized carbons (Fsp3) is 0.500. The molecule has 0 spiro atoms. The van der Waals surface area contributed by atoms with E-state index in [-0.39, 0.29) is 5.91 Å². The van der Waals surface area contributed by atoms with Crippen molar-refractivity contribution in [3.05, 3.63) is 28.2 Å². The average molecular weight is 359 g/mol. The number of halogens is 1. The number of carbonyl (C=O) groups excluding carboxylic acids is 1. The Morgan fingerprint density at radius 2 is 2.40 bits per heavy atom. The monoisotopic (exact) mass is 358 g/mol. The minimum Gasteiger partial charge on any atom is -0.398 e. The number of nitrogens with zero attached hydrogens (tertiary/aromatic N) is 1. The zero-order valence-electron chi connectivity index (χ0n) is 11.5. The molecule has 1 aromatic rings. The number of hydrogen-bond acceptors (Lipinski definition) is 4. The molecule has 1 aromatic carbocycles. The first-order chi connectivity index (χ1) is 9.63. The van der Waals surface area contributed by atoms with Gasteiger partial charge in [-0.1, -0.05) is 0 Å². The van der Waals surface area contributed by atoms with Gasteiger partial charge < -0.3 is 15.4 Å². The van der Waals surface area contributed by atoms with Gasteiger partial charge in [-0.05, 0) is 46.3 Å². The number of rotatable bonds is 5. The highest BCUT2D eigenvalue weighted by molar-refractivity contribution is 9.10. The Labute approximate surface area is 132 Å². The first kappa shape index (κ1) is 15.7. The quantitative estimate of drug-likeness (QED) is 0.822. The summed E-state index contributed by atoms with van der Waals surface area (Å²) < 4.78 is 5.94. The molecule has 1 fully saturated rings. The number of hydrogen-bond donors (Lipinski definition) is 1. The number of methoxy groups -OCH3 is 1. The summed E-state index contributed by atoms with van der Waals surface area (Å²) in [6.45, 7) is 1.18. The molecule has 0 aromatic heterocycles. The first-order valence-electron chi connectivity index (χ1n) is 6.56. The van der Waals surface area contributed by atoms with E-state index in [1.54, 1.807) is 13.2 Å². The van der Waals surface area contributed by atoms with E-state index in [0.717, 1.165) is 22.4 Å². The molecule has 0 saturated carbocycles. The minimum absolute atomic E-state index is 0.0359. The molecule has 2 N–H and O–H groups in total. The molecule has 1 saturated heterocycles. The maximum atomic E-state index is 12.7. The minimum atomic E-state index is 0.0359. The van der Waals surface area contributed by atoms with Gasteiger partial charge >= 0.3 is 0 Å². The lowest BCUT2D eigenvalue weighted by atomic mass is 10.1. The van der Waals surface area contributed by atoms with Crippen LogP contribution in [0.25, 0.3) is 0 Å². The van der Waals surface area contributed by atoms with Crippen LogP contribution in [0.4, 0.5) is 5.69 Å². The second-order valence-electron chi connectivity index (χ2n) is 4.75. The summed E-state index contributed by atoms with van der Waals surface area (Å²) in [5, 5.41) is 0. The van der Waals surface area contributed by atoms with Crippen molar-refractivity contribution in [1.82, 2.24) is 4.90 Å². The van der Waals surface area contributed by atoms with Crippen LogP contribution in [0.2, 0.25) is 0 Å². The van der Waals surface area contributed by atoms with E-state index >= 15 is 0 Å². The lowest BCUT2D eigenvalue weighted by Crippen LogP contribution is -2.42. The summed E-state index contributed by atoms with van der Waals surface area (Å²) in [5.74, 6) is 2.15. The average Bonchev–Trinajstić information content (AvgIpc) is 2.96. The summed E-state index contributed by atoms with van der Waals surface area (Å²) in [6.07, 6.45) is 1.05. The van der Waals surface area contributed by atoms with Gasteiger partial charge in [-0.25, -0.2) is 0 Å². The Kier molecular flexibility index (Phi) is 5.74. The number of ether oxygens (including phenoxy) is 1. The summed E-state index contributed by atoms with van der Waals surface area (Å²) >= 11 is 5.25. The number of benzene rings is 1. The lowest BCUT2D eigenvalue weighted by Gasteiger charge is -2.28. The van der Waals surface area contributed by atoms with E-state index in [9.17, 15) is 4.79 Å². The molecule has 1 aliphatic heterocycles. The van der Waals surface area contributed by atoms with Crippen LogP contribution in [0.1, 0.15) is 16.8 Å². The smallest absolute Gasteiger partial charge is 0.254 e. The second-order valence-corrected chi connectivity index (χ2v) is 6.75. The van der Waals surface area contributed by atoms with Gasteiger partial charge in [0.1, 0.15) is 0 Å². The standard InChI is InChI=1S/C14H19BrN2O2S/c1-19-6-5-17(11-4-7-20-9-11)14(18)10-2-3-12(15)13(16)8-10/h2-3,8,11H,4-7,9,16H2,1H3. The summed E-state index contributed by atoms with van der Waals surface area (Å²) in [5.41, 5.74) is 7.09. The third-order valence-electron chi connectivity index (χ3n) is 3.39. The molecule has 0 radical (unpaired) electrons. The van der Waals surface area contributed by atoms with Crippen LogP contribution in [-0.2, 0) is 4.74 Å². The molecule has 6 heteroatoms. The van der Waals surface area contributed by atoms with E-state index < -0.39 is 0 Å². The molecule has 1 amide bonds. The van der Waals surface area contributed by atoms with Crippen molar-refractivity contribution < 1.29 is 9.53 Å². The van der Waals surface area contributed by atoms with Gasteiger partial charge in [0.2, 0.25) is 0 Å². The third-order valence-corrected chi connectivity index (χ3v) is 5.25. The molecule has 1 aliphatic rings. The highest BCUT2D eigenvalue weighted by Gasteiger charge is 2.27. The Balaban J connectivity index is 2.17. The fourth-order valence-electron chi connectivity index (χ4n) is 2.25. The number of amides is 1. The summed E-state index contributed by atoms with van der Waals surface area (Å²) in [4.78, 5) is 14.6. The second kappa shape index (κ2) is 7.33. The molecule has 4 nitrogen and oxygen atoms in total. The van der Waals surface area contributed by atoms with Crippen molar-refractivity contribution in [1.29, 1.82) is 0 Å². The van der Waals surface area contributed by atoms with E-state index in [4.69, 9.17) is 10.5 Å². The zero-order chi connectivity index (χ0) is 14.5. The van der Waals surface area contributed by atoms with Crippen molar-refractivity contribution in [2.75, 3.05) is 37.5 Å². The molecule has 110 valence electrons. The van der Waals surface area contributed by atoms with Crippen LogP contribution >= 0.6 is 27.7 Å². The number of thioether (sulfide) groups is 1.